The Kier molecular flexibility index (Phi) is 7.85. The van der Waals surface area contributed by atoms with Gasteiger partial charge in [-0.1, -0.05) is 6.92 Å². The van der Waals surface area contributed by atoms with Gasteiger partial charge in [-0.3, -0.25) is 9.69 Å². The molecule has 2 fully saturated rings. The summed E-state index contributed by atoms with van der Waals surface area (Å²) in [6, 6.07) is 1.95. The molecule has 0 atom stereocenters. The first-order valence-corrected chi connectivity index (χ1v) is 10.6. The fraction of sp³-hybridized carbons (Fsp3) is 0.750. The van der Waals surface area contributed by atoms with Crippen molar-refractivity contribution in [2.45, 2.75) is 26.2 Å². The molecule has 8 nitrogen and oxygen atoms in total. The summed E-state index contributed by atoms with van der Waals surface area (Å²) in [6.45, 7) is 11.5. The quantitative estimate of drug-likeness (QED) is 0.683. The Morgan fingerprint density at radius 2 is 1.86 bits per heavy atom. The van der Waals surface area contributed by atoms with E-state index in [4.69, 9.17) is 0 Å². The Morgan fingerprint density at radius 3 is 2.54 bits per heavy atom. The summed E-state index contributed by atoms with van der Waals surface area (Å²) in [4.78, 5) is 28.2. The number of likely N-dealkylation sites (N-methyl/N-ethyl adjacent to an activating group) is 1. The van der Waals surface area contributed by atoms with Crippen LogP contribution in [0, 0.1) is 5.92 Å². The number of amides is 1. The summed E-state index contributed by atoms with van der Waals surface area (Å²) in [5, 5.41) is 6.11. The molecule has 0 unspecified atom stereocenters. The van der Waals surface area contributed by atoms with Gasteiger partial charge in [-0.15, -0.1) is 0 Å². The van der Waals surface area contributed by atoms with Crippen LogP contribution in [0.25, 0.3) is 0 Å². The summed E-state index contributed by atoms with van der Waals surface area (Å²) < 4.78 is 0. The molecule has 0 aliphatic carbocycles. The number of hydrogen-bond donors (Lipinski definition) is 2. The fourth-order valence-electron chi connectivity index (χ4n) is 4.03. The Morgan fingerprint density at radius 1 is 1.14 bits per heavy atom. The molecule has 28 heavy (non-hydrogen) atoms. The topological polar surface area (TPSA) is 76.6 Å². The van der Waals surface area contributed by atoms with Gasteiger partial charge in [0.2, 0.25) is 11.9 Å². The van der Waals surface area contributed by atoms with Crippen molar-refractivity contribution in [2.24, 2.45) is 5.92 Å². The van der Waals surface area contributed by atoms with Gasteiger partial charge in [0.25, 0.3) is 0 Å². The third kappa shape index (κ3) is 6.04. The smallest absolute Gasteiger partial charge is 0.224 e. The average molecular weight is 390 g/mol. The van der Waals surface area contributed by atoms with Crippen molar-refractivity contribution in [3.05, 3.63) is 12.3 Å². The van der Waals surface area contributed by atoms with Gasteiger partial charge in [0.1, 0.15) is 5.82 Å². The van der Waals surface area contributed by atoms with Crippen molar-refractivity contribution in [2.75, 3.05) is 76.2 Å². The number of hydrogen-bond acceptors (Lipinski definition) is 7. The van der Waals surface area contributed by atoms with Crippen LogP contribution in [0.4, 0.5) is 11.8 Å². The largest absolute Gasteiger partial charge is 0.357 e. The summed E-state index contributed by atoms with van der Waals surface area (Å²) in [5.41, 5.74) is 0. The van der Waals surface area contributed by atoms with Crippen LogP contribution >= 0.6 is 0 Å². The van der Waals surface area contributed by atoms with E-state index < -0.39 is 0 Å². The van der Waals surface area contributed by atoms with Gasteiger partial charge in [-0.2, -0.15) is 4.98 Å². The highest BCUT2D eigenvalue weighted by Gasteiger charge is 2.22. The van der Waals surface area contributed by atoms with E-state index in [-0.39, 0.29) is 5.91 Å². The van der Waals surface area contributed by atoms with E-state index in [9.17, 15) is 4.79 Å². The Bertz CT molecular complexity index is 610. The van der Waals surface area contributed by atoms with Crippen LogP contribution in [-0.4, -0.2) is 91.6 Å². The molecule has 8 heteroatoms. The van der Waals surface area contributed by atoms with Crippen molar-refractivity contribution >= 4 is 17.7 Å². The number of carbonyl (C=O) groups is 1. The van der Waals surface area contributed by atoms with Crippen LogP contribution in [0.1, 0.15) is 26.2 Å². The number of anilines is 2. The zero-order chi connectivity index (χ0) is 19.8. The summed E-state index contributed by atoms with van der Waals surface area (Å²) in [6.07, 6.45) is 4.50. The second-order valence-electron chi connectivity index (χ2n) is 7.75. The second-order valence-corrected chi connectivity index (χ2v) is 7.75. The molecule has 0 spiro atoms. The minimum Gasteiger partial charge on any atom is -0.357 e. The minimum absolute atomic E-state index is 0.199. The first-order valence-electron chi connectivity index (χ1n) is 10.6. The third-order valence-electron chi connectivity index (χ3n) is 5.94. The lowest BCUT2D eigenvalue weighted by atomic mass is 9.93. The van der Waals surface area contributed by atoms with E-state index in [1.54, 1.807) is 6.20 Å². The summed E-state index contributed by atoms with van der Waals surface area (Å²) in [7, 11) is 1.83. The Hall–Kier alpha value is -1.93. The molecular weight excluding hydrogens is 354 g/mol. The van der Waals surface area contributed by atoms with E-state index >= 15 is 0 Å². The van der Waals surface area contributed by atoms with E-state index in [0.717, 1.165) is 77.6 Å². The number of nitrogens with zero attached hydrogens (tertiary/aromatic N) is 5. The lowest BCUT2D eigenvalue weighted by molar-refractivity contribution is -0.122. The van der Waals surface area contributed by atoms with Gasteiger partial charge >= 0.3 is 0 Å². The molecule has 2 aliphatic heterocycles. The van der Waals surface area contributed by atoms with Crippen LogP contribution in [-0.2, 0) is 4.79 Å². The molecule has 1 amide bonds. The van der Waals surface area contributed by atoms with Crippen LogP contribution < -0.4 is 15.5 Å². The van der Waals surface area contributed by atoms with Gasteiger partial charge in [0, 0.05) is 72.0 Å². The zero-order valence-electron chi connectivity index (χ0n) is 17.4. The first-order chi connectivity index (χ1) is 13.7. The van der Waals surface area contributed by atoms with Crippen LogP contribution in [0.3, 0.4) is 0 Å². The Labute approximate surface area is 168 Å². The standard InChI is InChI=1S/C20H35N7O/c1-3-25-12-14-26(15-13-25)11-8-22-19(28)16-17-5-9-27(10-6-17)18-4-7-23-20(21-2)24-18/h4,7,17H,3,5-6,8-16H2,1-2H3,(H,22,28)(H,21,23,24). The SMILES string of the molecule is CCN1CCN(CCNC(=O)CC2CCN(c3ccnc(NC)n3)CC2)CC1. The number of aromatic nitrogens is 2. The number of piperidine rings is 1. The molecule has 156 valence electrons. The second kappa shape index (κ2) is 10.6. The lowest BCUT2D eigenvalue weighted by Gasteiger charge is -2.34. The molecule has 0 aromatic carbocycles. The third-order valence-corrected chi connectivity index (χ3v) is 5.94. The minimum atomic E-state index is 0.199. The van der Waals surface area contributed by atoms with E-state index in [1.807, 2.05) is 13.1 Å². The molecule has 2 saturated heterocycles. The maximum Gasteiger partial charge on any atom is 0.224 e. The van der Waals surface area contributed by atoms with Gasteiger partial charge in [0.05, 0.1) is 0 Å². The highest BCUT2D eigenvalue weighted by molar-refractivity contribution is 5.76. The normalized spacial score (nSPS) is 19.6. The lowest BCUT2D eigenvalue weighted by Crippen LogP contribution is -2.48. The highest BCUT2D eigenvalue weighted by atomic mass is 16.1. The van der Waals surface area contributed by atoms with Crippen molar-refractivity contribution in [1.29, 1.82) is 0 Å². The molecule has 0 bridgehead atoms. The van der Waals surface area contributed by atoms with Crippen molar-refractivity contribution < 1.29 is 4.79 Å². The number of rotatable bonds is 8. The molecule has 2 N–H and O–H groups in total. The fourth-order valence-corrected chi connectivity index (χ4v) is 4.03. The van der Waals surface area contributed by atoms with Crippen molar-refractivity contribution in [3.63, 3.8) is 0 Å². The molecular formula is C20H35N7O. The van der Waals surface area contributed by atoms with Gasteiger partial charge in [-0.05, 0) is 31.4 Å². The van der Waals surface area contributed by atoms with Crippen LogP contribution in [0.15, 0.2) is 12.3 Å². The van der Waals surface area contributed by atoms with Crippen LogP contribution in [0.5, 0.6) is 0 Å². The predicted molar refractivity (Wildman–Crippen MR) is 113 cm³/mol. The van der Waals surface area contributed by atoms with E-state index in [1.165, 1.54) is 0 Å². The maximum atomic E-state index is 12.3. The van der Waals surface area contributed by atoms with Crippen molar-refractivity contribution in [1.82, 2.24) is 25.1 Å². The Balaban J connectivity index is 1.31. The molecule has 1 aromatic heterocycles. The van der Waals surface area contributed by atoms with Crippen LogP contribution in [0.2, 0.25) is 0 Å². The molecule has 0 saturated carbocycles. The summed E-state index contributed by atoms with van der Waals surface area (Å²) >= 11 is 0. The molecule has 0 radical (unpaired) electrons. The van der Waals surface area contributed by atoms with Gasteiger partial charge in [0.15, 0.2) is 0 Å². The number of carbonyl (C=O) groups excluding carboxylic acids is 1. The highest BCUT2D eigenvalue weighted by Crippen LogP contribution is 2.24. The first kappa shape index (κ1) is 20.8. The van der Waals surface area contributed by atoms with E-state index in [2.05, 4.69) is 42.2 Å². The number of piperazine rings is 1. The predicted octanol–water partition coefficient (Wildman–Crippen LogP) is 0.879. The monoisotopic (exact) mass is 389 g/mol. The van der Waals surface area contributed by atoms with Gasteiger partial charge < -0.3 is 20.4 Å². The van der Waals surface area contributed by atoms with Crippen molar-refractivity contribution in [3.8, 4) is 0 Å². The molecule has 1 aromatic rings. The zero-order valence-corrected chi connectivity index (χ0v) is 17.4. The van der Waals surface area contributed by atoms with Gasteiger partial charge in [-0.25, -0.2) is 4.98 Å². The molecule has 3 rings (SSSR count). The van der Waals surface area contributed by atoms with E-state index in [0.29, 0.717) is 18.3 Å². The molecule has 2 aliphatic rings. The number of nitrogens with one attached hydrogen (secondary N) is 2. The maximum absolute atomic E-state index is 12.3. The molecule has 3 heterocycles. The average Bonchev–Trinajstić information content (AvgIpc) is 2.75. The summed E-state index contributed by atoms with van der Waals surface area (Å²) in [5.74, 6) is 2.28.